The van der Waals surface area contributed by atoms with Crippen molar-refractivity contribution in [2.75, 3.05) is 49.4 Å². The topological polar surface area (TPSA) is 154 Å². The molecule has 0 aliphatic rings. The normalized spacial score (nSPS) is 12.4. The summed E-state index contributed by atoms with van der Waals surface area (Å²) < 4.78 is 10.9. The van der Waals surface area contributed by atoms with Crippen molar-refractivity contribution in [2.24, 2.45) is 5.73 Å². The van der Waals surface area contributed by atoms with Gasteiger partial charge in [-0.25, -0.2) is 0 Å². The second-order valence-electron chi connectivity index (χ2n) is 9.18. The second-order valence-corrected chi connectivity index (χ2v) is 11.5. The monoisotopic (exact) mass is 597 g/mol. The number of thioether (sulfide) groups is 2. The number of ketones is 2. The van der Waals surface area contributed by atoms with Crippen molar-refractivity contribution in [3.05, 3.63) is 0 Å². The fourth-order valence-corrected chi connectivity index (χ4v) is 5.26. The van der Waals surface area contributed by atoms with Crippen LogP contribution < -0.4 is 16.4 Å². The van der Waals surface area contributed by atoms with E-state index < -0.39 is 18.0 Å². The van der Waals surface area contributed by atoms with E-state index >= 15 is 0 Å². The lowest BCUT2D eigenvalue weighted by atomic mass is 10.0. The van der Waals surface area contributed by atoms with E-state index in [1.54, 1.807) is 11.8 Å². The van der Waals surface area contributed by atoms with Gasteiger partial charge in [0.1, 0.15) is 11.8 Å². The van der Waals surface area contributed by atoms with Crippen LogP contribution in [0.15, 0.2) is 0 Å². The first kappa shape index (κ1) is 38.5. The van der Waals surface area contributed by atoms with Gasteiger partial charge >= 0.3 is 0 Å². The van der Waals surface area contributed by atoms with Gasteiger partial charge in [-0.15, -0.1) is 0 Å². The van der Waals surface area contributed by atoms with E-state index in [9.17, 15) is 24.0 Å². The largest absolute Gasteiger partial charge is 0.381 e. The number of rotatable bonds is 28. The number of ether oxygens (including phenoxy) is 2. The summed E-state index contributed by atoms with van der Waals surface area (Å²) in [5.74, 6) is 1.25. The summed E-state index contributed by atoms with van der Waals surface area (Å²) in [6.45, 7) is 2.58. The van der Waals surface area contributed by atoms with Gasteiger partial charge in [0.25, 0.3) is 0 Å². The molecule has 4 N–H and O–H groups in total. The number of carbonyl (C=O) groups excluding carboxylic acids is 5. The molecular weight excluding hydrogens is 552 g/mol. The minimum atomic E-state index is -0.749. The summed E-state index contributed by atoms with van der Waals surface area (Å²) >= 11 is 3.07. The molecule has 3 amide bonds. The quantitative estimate of drug-likeness (QED) is 0.0897. The standard InChI is InChI=1S/C26H45B2N3O7S2/c1-20(32)6-2-12-37-14-8-24(34)30-21(18-39-16-4-10-27)23(33)7-3-13-38-15-9-25(35)31-22(26(29)36)19-40-17-5-11-28/h21-22H,2-19H2,1H3,(H2,29,36)(H,30,34)(H,31,35). The van der Waals surface area contributed by atoms with Crippen LogP contribution in [0.3, 0.4) is 0 Å². The Morgan fingerprint density at radius 1 is 0.700 bits per heavy atom. The lowest BCUT2D eigenvalue weighted by molar-refractivity contribution is -0.128. The Morgan fingerprint density at radius 2 is 1.18 bits per heavy atom. The molecule has 10 nitrogen and oxygen atoms in total. The molecule has 40 heavy (non-hydrogen) atoms. The molecule has 0 aromatic heterocycles. The van der Waals surface area contributed by atoms with Gasteiger partial charge in [-0.1, -0.05) is 25.5 Å². The van der Waals surface area contributed by atoms with Gasteiger partial charge in [0.15, 0.2) is 5.78 Å². The van der Waals surface area contributed by atoms with Gasteiger partial charge < -0.3 is 30.6 Å². The van der Waals surface area contributed by atoms with Crippen LogP contribution in [0, 0.1) is 0 Å². The van der Waals surface area contributed by atoms with Crippen molar-refractivity contribution in [3.63, 3.8) is 0 Å². The summed E-state index contributed by atoms with van der Waals surface area (Å²) in [5.41, 5.74) is 5.37. The Labute approximate surface area is 250 Å². The predicted molar refractivity (Wildman–Crippen MR) is 163 cm³/mol. The summed E-state index contributed by atoms with van der Waals surface area (Å²) in [6.07, 6.45) is 4.70. The van der Waals surface area contributed by atoms with E-state index in [0.717, 1.165) is 24.3 Å². The van der Waals surface area contributed by atoms with Gasteiger partial charge in [0.2, 0.25) is 17.7 Å². The van der Waals surface area contributed by atoms with E-state index in [-0.39, 0.29) is 62.5 Å². The second kappa shape index (κ2) is 26.4. The summed E-state index contributed by atoms with van der Waals surface area (Å²) in [4.78, 5) is 59.8. The molecule has 14 heteroatoms. The first-order chi connectivity index (χ1) is 19.2. The van der Waals surface area contributed by atoms with Crippen molar-refractivity contribution in [1.82, 2.24) is 10.6 Å². The first-order valence-electron chi connectivity index (χ1n) is 13.8. The highest BCUT2D eigenvalue weighted by molar-refractivity contribution is 7.99. The summed E-state index contributed by atoms with van der Waals surface area (Å²) in [6, 6.07) is -1.37. The van der Waals surface area contributed by atoms with E-state index in [0.29, 0.717) is 50.0 Å². The van der Waals surface area contributed by atoms with E-state index in [4.69, 9.17) is 30.9 Å². The molecule has 0 spiro atoms. The van der Waals surface area contributed by atoms with Crippen molar-refractivity contribution in [2.45, 2.75) is 83.0 Å². The highest BCUT2D eigenvalue weighted by atomic mass is 32.2. The molecular formula is C26H45B2N3O7S2. The van der Waals surface area contributed by atoms with Gasteiger partial charge in [-0.3, -0.25) is 19.2 Å². The third-order valence-electron chi connectivity index (χ3n) is 5.43. The molecule has 224 valence electrons. The third-order valence-corrected chi connectivity index (χ3v) is 7.73. The molecule has 0 saturated heterocycles. The van der Waals surface area contributed by atoms with E-state index in [1.807, 2.05) is 0 Å². The highest BCUT2D eigenvalue weighted by Gasteiger charge is 2.21. The Morgan fingerprint density at radius 3 is 1.65 bits per heavy atom. The molecule has 0 fully saturated rings. The Kier molecular flexibility index (Phi) is 25.4. The molecule has 0 aliphatic heterocycles. The number of nitrogens with two attached hydrogens (primary N) is 1. The lowest BCUT2D eigenvalue weighted by Crippen LogP contribution is -2.46. The summed E-state index contributed by atoms with van der Waals surface area (Å²) in [7, 11) is 11.0. The minimum Gasteiger partial charge on any atom is -0.381 e. The number of hydrogen-bond donors (Lipinski definition) is 3. The fourth-order valence-electron chi connectivity index (χ4n) is 3.20. The maximum absolute atomic E-state index is 12.8. The zero-order chi connectivity index (χ0) is 30.0. The Hall–Kier alpha value is -1.50. The first-order valence-corrected chi connectivity index (χ1v) is 16.1. The maximum atomic E-state index is 12.8. The van der Waals surface area contributed by atoms with Gasteiger partial charge in [-0.2, -0.15) is 23.5 Å². The number of amides is 3. The molecule has 0 rings (SSSR count). The molecule has 2 atom stereocenters. The van der Waals surface area contributed by atoms with Crippen LogP contribution in [-0.4, -0.2) is 107 Å². The van der Waals surface area contributed by atoms with E-state index in [1.165, 1.54) is 18.7 Å². The van der Waals surface area contributed by atoms with Crippen LogP contribution >= 0.6 is 23.5 Å². The smallest absolute Gasteiger partial charge is 0.240 e. The van der Waals surface area contributed by atoms with Crippen LogP contribution in [0.5, 0.6) is 0 Å². The number of primary amides is 1. The van der Waals surface area contributed by atoms with Crippen LogP contribution in [0.1, 0.15) is 58.3 Å². The zero-order valence-corrected chi connectivity index (χ0v) is 25.4. The minimum absolute atomic E-state index is 0.0679. The van der Waals surface area contributed by atoms with E-state index in [2.05, 4.69) is 10.6 Å². The average Bonchev–Trinajstić information content (AvgIpc) is 2.91. The Balaban J connectivity index is 4.33. The lowest BCUT2D eigenvalue weighted by Gasteiger charge is -2.18. The molecule has 2 unspecified atom stereocenters. The van der Waals surface area contributed by atoms with Crippen LogP contribution in [0.25, 0.3) is 0 Å². The van der Waals surface area contributed by atoms with Crippen molar-refractivity contribution in [1.29, 1.82) is 0 Å². The molecule has 0 aromatic rings. The predicted octanol–water partition coefficient (Wildman–Crippen LogP) is 1.39. The van der Waals surface area contributed by atoms with Gasteiger partial charge in [0, 0.05) is 50.4 Å². The molecule has 0 saturated carbocycles. The molecule has 0 aromatic carbocycles. The van der Waals surface area contributed by atoms with Crippen LogP contribution in [0.2, 0.25) is 12.6 Å². The van der Waals surface area contributed by atoms with Crippen LogP contribution in [0.4, 0.5) is 0 Å². The average molecular weight is 597 g/mol. The maximum Gasteiger partial charge on any atom is 0.240 e. The van der Waals surface area contributed by atoms with Crippen molar-refractivity contribution < 1.29 is 33.4 Å². The number of carbonyl (C=O) groups is 5. The number of hydrogen-bond acceptors (Lipinski definition) is 9. The summed E-state index contributed by atoms with van der Waals surface area (Å²) in [5, 5.41) is 5.42. The number of Topliss-reactive ketones (excluding diaryl/α,β-unsaturated/α-hetero) is 2. The molecule has 0 heterocycles. The van der Waals surface area contributed by atoms with Gasteiger partial charge in [0.05, 0.1) is 34.9 Å². The molecule has 4 radical (unpaired) electrons. The SMILES string of the molecule is [B]CCCSCC(NC(=O)CCOCCCC(=O)C(CSCCC[B])NC(=O)CCOCCCC(C)=O)C(N)=O. The fraction of sp³-hybridized carbons (Fsp3) is 0.808. The van der Waals surface area contributed by atoms with Crippen molar-refractivity contribution in [3.8, 4) is 0 Å². The number of nitrogens with one attached hydrogen (secondary N) is 2. The van der Waals surface area contributed by atoms with Crippen molar-refractivity contribution >= 4 is 68.5 Å². The van der Waals surface area contributed by atoms with Crippen LogP contribution in [-0.2, 0) is 33.4 Å². The third kappa shape index (κ3) is 23.2. The highest BCUT2D eigenvalue weighted by Crippen LogP contribution is 2.10. The van der Waals surface area contributed by atoms with Gasteiger partial charge in [-0.05, 0) is 31.3 Å². The Bertz CT molecular complexity index is 751. The molecule has 0 aliphatic carbocycles. The molecule has 0 bridgehead atoms. The zero-order valence-electron chi connectivity index (χ0n) is 23.8.